The molecule has 1 fully saturated rings. The number of rotatable bonds is 11. The number of pyridine rings is 1. The molecule has 1 aliphatic rings. The third kappa shape index (κ3) is 11.7. The number of carbonyl (C=O) groups is 3. The van der Waals surface area contributed by atoms with Crippen LogP contribution in [0.15, 0.2) is 60.9 Å². The third-order valence-electron chi connectivity index (χ3n) is 8.50. The van der Waals surface area contributed by atoms with E-state index in [1.54, 1.807) is 41.5 Å². The van der Waals surface area contributed by atoms with Crippen LogP contribution in [-0.4, -0.2) is 89.8 Å². The maximum Gasteiger partial charge on any atom is 0.410 e. The van der Waals surface area contributed by atoms with E-state index in [1.165, 1.54) is 63.9 Å². The molecule has 0 aliphatic carbocycles. The van der Waals surface area contributed by atoms with E-state index in [-0.39, 0.29) is 43.6 Å². The van der Waals surface area contributed by atoms with Gasteiger partial charge in [0, 0.05) is 44.2 Å². The number of carbonyl (C=O) groups excluding carboxylic acids is 3. The van der Waals surface area contributed by atoms with Crippen LogP contribution >= 0.6 is 0 Å². The van der Waals surface area contributed by atoms with Crippen molar-refractivity contribution in [1.82, 2.24) is 19.5 Å². The molecule has 0 spiro atoms. The Balaban J connectivity index is 1.68. The summed E-state index contributed by atoms with van der Waals surface area (Å²) in [6.45, 7) is 10.2. The molecule has 11 nitrogen and oxygen atoms in total. The quantitative estimate of drug-likeness (QED) is 0.246. The van der Waals surface area contributed by atoms with E-state index in [4.69, 9.17) is 9.47 Å². The molecule has 2 atom stereocenters. The summed E-state index contributed by atoms with van der Waals surface area (Å²) < 4.78 is 81.4. The predicted octanol–water partition coefficient (Wildman–Crippen LogP) is 6.15. The number of hydrogen-bond acceptors (Lipinski definition) is 8. The molecule has 15 heteroatoms. The van der Waals surface area contributed by atoms with Gasteiger partial charge in [0.1, 0.15) is 34.7 Å². The van der Waals surface area contributed by atoms with Crippen LogP contribution in [-0.2, 0) is 37.1 Å². The number of nitrogens with zero attached hydrogens (tertiary/aromatic N) is 3. The Morgan fingerprint density at radius 2 is 1.42 bits per heavy atom. The molecule has 2 heterocycles. The van der Waals surface area contributed by atoms with E-state index >= 15 is 4.39 Å². The van der Waals surface area contributed by atoms with Crippen LogP contribution in [0.25, 0.3) is 0 Å². The van der Waals surface area contributed by atoms with Crippen molar-refractivity contribution in [2.45, 2.75) is 90.0 Å². The molecule has 2 aromatic carbocycles. The summed E-state index contributed by atoms with van der Waals surface area (Å²) in [5.74, 6) is -3.34. The summed E-state index contributed by atoms with van der Waals surface area (Å²) >= 11 is 0. The van der Waals surface area contributed by atoms with E-state index in [0.717, 1.165) is 12.5 Å². The first kappa shape index (κ1) is 41.3. The first-order valence-electron chi connectivity index (χ1n) is 17.2. The third-order valence-corrected chi connectivity index (χ3v) is 9.84. The number of nitrogens with one attached hydrogen (secondary N) is 1. The van der Waals surface area contributed by atoms with Gasteiger partial charge in [-0.1, -0.05) is 24.3 Å². The molecule has 0 bridgehead atoms. The molecule has 4 rings (SSSR count). The summed E-state index contributed by atoms with van der Waals surface area (Å²) in [5.41, 5.74) is -0.558. The highest BCUT2D eigenvalue weighted by Crippen LogP contribution is 2.31. The van der Waals surface area contributed by atoms with Crippen molar-refractivity contribution in [3.05, 3.63) is 101 Å². The summed E-state index contributed by atoms with van der Waals surface area (Å²) in [6, 6.07) is 8.51. The van der Waals surface area contributed by atoms with Crippen LogP contribution < -0.4 is 5.32 Å². The number of sulfonamides is 1. The van der Waals surface area contributed by atoms with Crippen molar-refractivity contribution in [3.8, 4) is 0 Å². The Bertz CT molecular complexity index is 1830. The average molecular weight is 761 g/mol. The Labute approximate surface area is 308 Å². The van der Waals surface area contributed by atoms with Gasteiger partial charge in [-0.2, -0.15) is 4.31 Å². The second kappa shape index (κ2) is 16.7. The van der Waals surface area contributed by atoms with Gasteiger partial charge in [-0.15, -0.1) is 0 Å². The van der Waals surface area contributed by atoms with Crippen LogP contribution in [0.2, 0.25) is 0 Å². The lowest BCUT2D eigenvalue weighted by Gasteiger charge is -2.40. The molecule has 1 unspecified atom stereocenters. The number of amides is 2. The molecule has 0 radical (unpaired) electrons. The highest BCUT2D eigenvalue weighted by Gasteiger charge is 2.37. The lowest BCUT2D eigenvalue weighted by molar-refractivity contribution is -0.120. The fraction of sp³-hybridized carbons (Fsp3) is 0.474. The molecule has 2 amide bonds. The fourth-order valence-corrected chi connectivity index (χ4v) is 7.37. The number of ether oxygens (including phenoxy) is 2. The van der Waals surface area contributed by atoms with Gasteiger partial charge in [-0.3, -0.25) is 9.78 Å². The summed E-state index contributed by atoms with van der Waals surface area (Å²) in [4.78, 5) is 45.9. The Morgan fingerprint density at radius 1 is 0.868 bits per heavy atom. The number of halogens is 3. The van der Waals surface area contributed by atoms with Gasteiger partial charge in [-0.25, -0.2) is 31.2 Å². The number of Topliss-reactive ketones (excluding diaryl/α,β-unsaturated/α-hetero) is 1. The molecule has 3 aromatic rings. The van der Waals surface area contributed by atoms with Gasteiger partial charge in [0.05, 0.1) is 12.5 Å². The number of alkyl carbamates (subject to hydrolysis) is 1. The zero-order valence-electron chi connectivity index (χ0n) is 31.0. The normalized spacial score (nSPS) is 16.3. The largest absolute Gasteiger partial charge is 0.444 e. The molecular weight excluding hydrogens is 714 g/mol. The minimum absolute atomic E-state index is 0.00184. The molecule has 53 heavy (non-hydrogen) atoms. The summed E-state index contributed by atoms with van der Waals surface area (Å²) in [5, 5.41) is 2.66. The van der Waals surface area contributed by atoms with Crippen LogP contribution in [0.1, 0.15) is 76.1 Å². The topological polar surface area (TPSA) is 135 Å². The van der Waals surface area contributed by atoms with Gasteiger partial charge in [0.15, 0.2) is 5.78 Å². The molecule has 288 valence electrons. The first-order chi connectivity index (χ1) is 24.6. The summed E-state index contributed by atoms with van der Waals surface area (Å²) in [7, 11) is -3.71. The van der Waals surface area contributed by atoms with Gasteiger partial charge in [0.2, 0.25) is 10.0 Å². The van der Waals surface area contributed by atoms with Crippen molar-refractivity contribution < 1.29 is 45.4 Å². The molecular formula is C38H47F3N4O7S. The van der Waals surface area contributed by atoms with E-state index in [9.17, 15) is 31.6 Å². The standard InChI is InChI=1S/C38H47F3N4O7S/c1-37(2,3)51-35(47)43-34(33(24-8-12-27(39)13-9-24)25-10-14-28(40)15-11-25)32(46)20-26-21-42-22-31(41)30(26)17-16-29-23-44(36(48)52-38(4,5)6)18-19-45(29)53(7,49)50/h8-15,21-22,29,33-34H,16-20,23H2,1-7H3,(H,43,47)/t29?,34-/m1/s1. The Morgan fingerprint density at radius 3 is 1.92 bits per heavy atom. The maximum absolute atomic E-state index is 15.6. The van der Waals surface area contributed by atoms with Crippen molar-refractivity contribution in [2.75, 3.05) is 25.9 Å². The average Bonchev–Trinajstić information content (AvgIpc) is 3.03. The van der Waals surface area contributed by atoms with E-state index in [2.05, 4.69) is 10.3 Å². The van der Waals surface area contributed by atoms with Crippen LogP contribution in [0.3, 0.4) is 0 Å². The van der Waals surface area contributed by atoms with Gasteiger partial charge >= 0.3 is 12.2 Å². The van der Waals surface area contributed by atoms with Gasteiger partial charge < -0.3 is 19.7 Å². The molecule has 1 saturated heterocycles. The number of hydrogen-bond donors (Lipinski definition) is 1. The smallest absolute Gasteiger partial charge is 0.410 e. The van der Waals surface area contributed by atoms with E-state index in [1.807, 2.05) is 0 Å². The number of aromatic nitrogens is 1. The zero-order chi connectivity index (χ0) is 39.3. The van der Waals surface area contributed by atoms with Gasteiger partial charge in [-0.05, 0) is 101 Å². The Hall–Kier alpha value is -4.50. The highest BCUT2D eigenvalue weighted by atomic mass is 32.2. The fourth-order valence-electron chi connectivity index (χ4n) is 6.25. The second-order valence-corrected chi connectivity index (χ2v) is 17.0. The lowest BCUT2D eigenvalue weighted by Crippen LogP contribution is -2.57. The molecule has 1 N–H and O–H groups in total. The molecule has 1 aromatic heterocycles. The zero-order valence-corrected chi connectivity index (χ0v) is 31.8. The van der Waals surface area contributed by atoms with Crippen LogP contribution in [0.4, 0.5) is 22.8 Å². The minimum Gasteiger partial charge on any atom is -0.444 e. The van der Waals surface area contributed by atoms with E-state index < -0.39 is 81.1 Å². The number of piperazine rings is 1. The van der Waals surface area contributed by atoms with Crippen molar-refractivity contribution in [3.63, 3.8) is 0 Å². The number of ketones is 1. The summed E-state index contributed by atoms with van der Waals surface area (Å²) in [6.07, 6.45) is 1.49. The van der Waals surface area contributed by atoms with Crippen molar-refractivity contribution in [2.24, 2.45) is 0 Å². The predicted molar refractivity (Wildman–Crippen MR) is 192 cm³/mol. The van der Waals surface area contributed by atoms with Crippen molar-refractivity contribution in [1.29, 1.82) is 0 Å². The Kier molecular flexibility index (Phi) is 13.0. The maximum atomic E-state index is 15.6. The highest BCUT2D eigenvalue weighted by molar-refractivity contribution is 7.88. The minimum atomic E-state index is -3.71. The first-order valence-corrected chi connectivity index (χ1v) is 19.1. The molecule has 1 aliphatic heterocycles. The van der Waals surface area contributed by atoms with Crippen LogP contribution in [0, 0.1) is 17.5 Å². The van der Waals surface area contributed by atoms with Gasteiger partial charge in [0.25, 0.3) is 0 Å². The van der Waals surface area contributed by atoms with E-state index in [0.29, 0.717) is 11.1 Å². The van der Waals surface area contributed by atoms with Crippen LogP contribution in [0.5, 0.6) is 0 Å². The number of benzene rings is 2. The SMILES string of the molecule is CC(C)(C)OC(=O)N[C@H](C(=O)Cc1cncc(F)c1CCC1CN(C(=O)OC(C)(C)C)CCN1S(C)(=O)=O)C(c1ccc(F)cc1)c1ccc(F)cc1. The van der Waals surface area contributed by atoms with Crippen molar-refractivity contribution >= 4 is 28.0 Å². The molecule has 0 saturated carbocycles. The monoisotopic (exact) mass is 760 g/mol. The lowest BCUT2D eigenvalue weighted by atomic mass is 9.81. The second-order valence-electron chi connectivity index (χ2n) is 15.1.